The van der Waals surface area contributed by atoms with Gasteiger partial charge in [0.1, 0.15) is 5.82 Å². The number of nitrogens with one attached hydrogen (secondary N) is 1. The molecule has 19 heavy (non-hydrogen) atoms. The van der Waals surface area contributed by atoms with Crippen LogP contribution in [-0.2, 0) is 11.3 Å². The molecule has 2 heterocycles. The van der Waals surface area contributed by atoms with E-state index in [9.17, 15) is 9.18 Å². The van der Waals surface area contributed by atoms with Crippen LogP contribution in [0.1, 0.15) is 18.4 Å². The molecule has 3 nitrogen and oxygen atoms in total. The van der Waals surface area contributed by atoms with Gasteiger partial charge in [-0.1, -0.05) is 11.6 Å². The number of fused-ring (bicyclic) bond motifs is 1. The van der Waals surface area contributed by atoms with Gasteiger partial charge in [0, 0.05) is 29.7 Å². The second-order valence-corrected chi connectivity index (χ2v) is 5.70. The maximum Gasteiger partial charge on any atom is 0.227 e. The fraction of sp³-hybridized carbons (Fsp3) is 0.500. The molecule has 2 unspecified atom stereocenters. The Balaban J connectivity index is 1.76. The third kappa shape index (κ3) is 2.47. The Hall–Kier alpha value is -1.13. The summed E-state index contributed by atoms with van der Waals surface area (Å²) in [4.78, 5) is 14.0. The number of carbonyl (C=O) groups is 1. The van der Waals surface area contributed by atoms with Gasteiger partial charge >= 0.3 is 0 Å². The van der Waals surface area contributed by atoms with Crippen LogP contribution in [0, 0.1) is 11.7 Å². The first-order valence-electron chi connectivity index (χ1n) is 6.61. The number of nitrogens with zero attached hydrogens (tertiary/aromatic N) is 1. The summed E-state index contributed by atoms with van der Waals surface area (Å²) in [7, 11) is 0. The fourth-order valence-corrected chi connectivity index (χ4v) is 3.21. The average molecular weight is 283 g/mol. The van der Waals surface area contributed by atoms with Gasteiger partial charge in [-0.2, -0.15) is 0 Å². The molecule has 2 saturated heterocycles. The summed E-state index contributed by atoms with van der Waals surface area (Å²) in [5, 5.41) is 3.87. The van der Waals surface area contributed by atoms with E-state index in [0.29, 0.717) is 23.7 Å². The highest BCUT2D eigenvalue weighted by Gasteiger charge is 2.41. The van der Waals surface area contributed by atoms with E-state index in [4.69, 9.17) is 11.6 Å². The lowest BCUT2D eigenvalue weighted by Gasteiger charge is -2.23. The van der Waals surface area contributed by atoms with Gasteiger partial charge in [-0.3, -0.25) is 4.79 Å². The van der Waals surface area contributed by atoms with Crippen molar-refractivity contribution in [3.63, 3.8) is 0 Å². The lowest BCUT2D eigenvalue weighted by atomic mass is 9.94. The zero-order valence-electron chi connectivity index (χ0n) is 10.5. The minimum atomic E-state index is -0.306. The summed E-state index contributed by atoms with van der Waals surface area (Å²) >= 11 is 5.88. The first-order chi connectivity index (χ1) is 9.15. The molecule has 2 atom stereocenters. The number of amides is 1. The maximum absolute atomic E-state index is 13.7. The van der Waals surface area contributed by atoms with Crippen LogP contribution in [0.2, 0.25) is 5.02 Å². The molecular weight excluding hydrogens is 267 g/mol. The predicted octanol–water partition coefficient (Wildman–Crippen LogP) is 2.19. The smallest absolute Gasteiger partial charge is 0.227 e. The Morgan fingerprint density at radius 1 is 1.47 bits per heavy atom. The van der Waals surface area contributed by atoms with E-state index in [1.165, 1.54) is 12.1 Å². The number of hydrogen-bond acceptors (Lipinski definition) is 2. The summed E-state index contributed by atoms with van der Waals surface area (Å²) in [6.07, 6.45) is 1.97. The molecule has 0 radical (unpaired) electrons. The summed E-state index contributed by atoms with van der Waals surface area (Å²) < 4.78 is 13.7. The lowest BCUT2D eigenvalue weighted by molar-refractivity contribution is -0.131. The van der Waals surface area contributed by atoms with Crippen molar-refractivity contribution < 1.29 is 9.18 Å². The number of piperidine rings is 1. The quantitative estimate of drug-likeness (QED) is 0.902. The van der Waals surface area contributed by atoms with E-state index in [2.05, 4.69) is 5.32 Å². The van der Waals surface area contributed by atoms with Gasteiger partial charge in [-0.05, 0) is 37.6 Å². The van der Waals surface area contributed by atoms with Crippen LogP contribution < -0.4 is 5.32 Å². The van der Waals surface area contributed by atoms with Gasteiger partial charge in [0.25, 0.3) is 0 Å². The molecule has 0 bridgehead atoms. The molecule has 102 valence electrons. The monoisotopic (exact) mass is 282 g/mol. The van der Waals surface area contributed by atoms with Crippen molar-refractivity contribution in [2.75, 3.05) is 13.1 Å². The molecule has 1 N–H and O–H groups in total. The molecule has 0 aromatic heterocycles. The second-order valence-electron chi connectivity index (χ2n) is 5.26. The molecule has 2 aliphatic heterocycles. The van der Waals surface area contributed by atoms with Crippen LogP contribution in [0.25, 0.3) is 0 Å². The number of carbonyl (C=O) groups excluding carboxylic acids is 1. The van der Waals surface area contributed by atoms with E-state index < -0.39 is 0 Å². The first-order valence-corrected chi connectivity index (χ1v) is 6.99. The van der Waals surface area contributed by atoms with Crippen LogP contribution in [0.4, 0.5) is 4.39 Å². The van der Waals surface area contributed by atoms with E-state index in [1.807, 2.05) is 0 Å². The van der Waals surface area contributed by atoms with Crippen molar-refractivity contribution in [2.45, 2.75) is 25.4 Å². The first kappa shape index (κ1) is 12.9. The minimum Gasteiger partial charge on any atom is -0.336 e. The van der Waals surface area contributed by atoms with Crippen LogP contribution in [-0.4, -0.2) is 29.9 Å². The molecular formula is C14H16ClFN2O. The third-order valence-corrected chi connectivity index (χ3v) is 4.23. The van der Waals surface area contributed by atoms with Crippen molar-refractivity contribution in [1.29, 1.82) is 0 Å². The Morgan fingerprint density at radius 2 is 2.32 bits per heavy atom. The Labute approximate surface area is 116 Å². The van der Waals surface area contributed by atoms with Crippen LogP contribution >= 0.6 is 11.6 Å². The molecule has 0 aliphatic carbocycles. The van der Waals surface area contributed by atoms with E-state index in [1.54, 1.807) is 11.0 Å². The van der Waals surface area contributed by atoms with Gasteiger partial charge in [0.2, 0.25) is 5.91 Å². The van der Waals surface area contributed by atoms with Crippen LogP contribution in [0.3, 0.4) is 0 Å². The van der Waals surface area contributed by atoms with Gasteiger partial charge in [-0.25, -0.2) is 4.39 Å². The molecule has 1 aromatic carbocycles. The van der Waals surface area contributed by atoms with Crippen LogP contribution in [0.5, 0.6) is 0 Å². The van der Waals surface area contributed by atoms with Crippen LogP contribution in [0.15, 0.2) is 18.2 Å². The Morgan fingerprint density at radius 3 is 3.11 bits per heavy atom. The molecule has 1 amide bonds. The third-order valence-electron chi connectivity index (χ3n) is 4.00. The van der Waals surface area contributed by atoms with Crippen molar-refractivity contribution >= 4 is 17.5 Å². The highest BCUT2D eigenvalue weighted by molar-refractivity contribution is 6.30. The normalized spacial score (nSPS) is 26.6. The molecule has 1 aromatic rings. The predicted molar refractivity (Wildman–Crippen MR) is 71.3 cm³/mol. The molecule has 2 aliphatic rings. The average Bonchev–Trinajstić information content (AvgIpc) is 2.72. The van der Waals surface area contributed by atoms with Gasteiger partial charge in [0.05, 0.1) is 5.92 Å². The van der Waals surface area contributed by atoms with E-state index in [0.717, 1.165) is 19.4 Å². The van der Waals surface area contributed by atoms with Gasteiger partial charge in [0.15, 0.2) is 0 Å². The number of hydrogen-bond donors (Lipinski definition) is 1. The number of likely N-dealkylation sites (tertiary alicyclic amines) is 1. The molecule has 5 heteroatoms. The summed E-state index contributed by atoms with van der Waals surface area (Å²) in [5.41, 5.74) is 0.486. The summed E-state index contributed by atoms with van der Waals surface area (Å²) in [6, 6.07) is 4.69. The topological polar surface area (TPSA) is 32.3 Å². The number of halogens is 2. The van der Waals surface area contributed by atoms with Gasteiger partial charge in [-0.15, -0.1) is 0 Å². The number of benzene rings is 1. The molecule has 3 rings (SSSR count). The Bertz CT molecular complexity index is 508. The summed E-state index contributed by atoms with van der Waals surface area (Å²) in [6.45, 7) is 1.93. The van der Waals surface area contributed by atoms with Gasteiger partial charge < -0.3 is 10.2 Å². The molecule has 0 saturated carbocycles. The van der Waals surface area contributed by atoms with Crippen molar-refractivity contribution in [3.8, 4) is 0 Å². The molecule has 2 fully saturated rings. The second kappa shape index (κ2) is 5.10. The Kier molecular flexibility index (Phi) is 3.46. The zero-order chi connectivity index (χ0) is 13.4. The standard InChI is InChI=1S/C14H16ClFN2O/c15-10-3-4-12(16)9(6-10)7-18-8-13-11(14(18)19)2-1-5-17-13/h3-4,6,11,13,17H,1-2,5,7-8H2. The van der Waals surface area contributed by atoms with E-state index >= 15 is 0 Å². The fourth-order valence-electron chi connectivity index (χ4n) is 3.01. The SMILES string of the molecule is O=C1C2CCCNC2CN1Cc1cc(Cl)ccc1F. The van der Waals surface area contributed by atoms with Crippen molar-refractivity contribution in [1.82, 2.24) is 10.2 Å². The largest absolute Gasteiger partial charge is 0.336 e. The summed E-state index contributed by atoms with van der Waals surface area (Å²) in [5.74, 6) is -0.104. The number of rotatable bonds is 2. The molecule has 0 spiro atoms. The van der Waals surface area contributed by atoms with E-state index in [-0.39, 0.29) is 23.7 Å². The minimum absolute atomic E-state index is 0.0657. The van der Waals surface area contributed by atoms with Crippen molar-refractivity contribution in [2.24, 2.45) is 5.92 Å². The lowest BCUT2D eigenvalue weighted by Crippen LogP contribution is -2.41. The maximum atomic E-state index is 13.7. The zero-order valence-corrected chi connectivity index (χ0v) is 11.3. The highest BCUT2D eigenvalue weighted by atomic mass is 35.5. The highest BCUT2D eigenvalue weighted by Crippen LogP contribution is 2.28. The van der Waals surface area contributed by atoms with Crippen molar-refractivity contribution in [3.05, 3.63) is 34.6 Å².